The van der Waals surface area contributed by atoms with Crippen molar-refractivity contribution in [2.24, 2.45) is 0 Å². The van der Waals surface area contributed by atoms with Crippen LogP contribution in [0.5, 0.6) is 11.5 Å². The van der Waals surface area contributed by atoms with E-state index in [9.17, 15) is 14.7 Å². The van der Waals surface area contributed by atoms with Crippen molar-refractivity contribution in [2.75, 3.05) is 7.11 Å². The Kier molecular flexibility index (Phi) is 7.05. The van der Waals surface area contributed by atoms with Crippen LogP contribution in [0.25, 0.3) is 6.08 Å². The van der Waals surface area contributed by atoms with E-state index in [1.807, 2.05) is 30.3 Å². The van der Waals surface area contributed by atoms with Gasteiger partial charge in [-0.1, -0.05) is 42.5 Å². The molecule has 1 aliphatic rings. The van der Waals surface area contributed by atoms with Gasteiger partial charge in [-0.05, 0) is 41.5 Å². The minimum Gasteiger partial charge on any atom is -0.504 e. The van der Waals surface area contributed by atoms with Crippen molar-refractivity contribution >= 4 is 17.6 Å². The fourth-order valence-electron chi connectivity index (χ4n) is 2.78. The minimum atomic E-state index is -0.436. The van der Waals surface area contributed by atoms with E-state index in [1.54, 1.807) is 18.2 Å². The zero-order valence-electron chi connectivity index (χ0n) is 16.5. The van der Waals surface area contributed by atoms with Crippen molar-refractivity contribution in [1.29, 1.82) is 0 Å². The van der Waals surface area contributed by atoms with Crippen LogP contribution in [-0.4, -0.2) is 30.1 Å². The fourth-order valence-corrected chi connectivity index (χ4v) is 2.78. The Balaban J connectivity index is 1.46. The molecule has 1 unspecified atom stereocenters. The molecule has 0 aromatic heterocycles. The Morgan fingerprint density at radius 3 is 2.53 bits per heavy atom. The highest BCUT2D eigenvalue weighted by Crippen LogP contribution is 2.26. The molecular formula is C24H22O6. The van der Waals surface area contributed by atoms with Crippen molar-refractivity contribution in [3.05, 3.63) is 89.9 Å². The summed E-state index contributed by atoms with van der Waals surface area (Å²) in [4.78, 5) is 24.0. The van der Waals surface area contributed by atoms with Gasteiger partial charge in [-0.3, -0.25) is 9.59 Å². The van der Waals surface area contributed by atoms with Gasteiger partial charge in [0.25, 0.3) is 0 Å². The molecule has 2 aromatic rings. The summed E-state index contributed by atoms with van der Waals surface area (Å²) in [6.07, 6.45) is 7.03. The van der Waals surface area contributed by atoms with Gasteiger partial charge in [-0.2, -0.15) is 0 Å². The first kappa shape index (κ1) is 20.9. The molecule has 1 atom stereocenters. The number of phenols is 1. The first-order valence-electron chi connectivity index (χ1n) is 9.38. The maximum Gasteiger partial charge on any atom is 0.244 e. The smallest absolute Gasteiger partial charge is 0.244 e. The number of ether oxygens (including phenoxy) is 3. The second-order valence-electron chi connectivity index (χ2n) is 6.60. The van der Waals surface area contributed by atoms with Crippen LogP contribution < -0.4 is 4.74 Å². The predicted octanol–water partition coefficient (Wildman–Crippen LogP) is 3.96. The van der Waals surface area contributed by atoms with Crippen LogP contribution in [0.15, 0.2) is 78.8 Å². The Morgan fingerprint density at radius 1 is 1.07 bits per heavy atom. The van der Waals surface area contributed by atoms with Crippen molar-refractivity contribution in [1.82, 2.24) is 0 Å². The number of phenolic OH excluding ortho intramolecular Hbond substituents is 1. The lowest BCUT2D eigenvalue weighted by molar-refractivity contribution is -0.121. The summed E-state index contributed by atoms with van der Waals surface area (Å²) in [5, 5.41) is 9.58. The highest BCUT2D eigenvalue weighted by molar-refractivity contribution is 6.09. The molecule has 2 aromatic carbocycles. The standard InChI is InChI=1S/C24H22O6/c1-28-23-13-18(8-12-22(23)27)7-9-19(25)15-20(26)10-11-21-16-29-24(30-21)14-17-5-3-2-4-6-17/h2-13,16,24,27H,14-15H2,1H3/b9-7+,11-10+. The zero-order chi connectivity index (χ0) is 21.3. The number of rotatable bonds is 9. The molecule has 0 saturated carbocycles. The first-order chi connectivity index (χ1) is 14.5. The van der Waals surface area contributed by atoms with Crippen molar-refractivity contribution in [2.45, 2.75) is 19.1 Å². The van der Waals surface area contributed by atoms with Gasteiger partial charge in [0.15, 0.2) is 28.8 Å². The van der Waals surface area contributed by atoms with Crippen LogP contribution in [0, 0.1) is 0 Å². The van der Waals surface area contributed by atoms with Gasteiger partial charge in [0, 0.05) is 6.42 Å². The molecule has 0 bridgehead atoms. The van der Waals surface area contributed by atoms with E-state index in [4.69, 9.17) is 14.2 Å². The topological polar surface area (TPSA) is 82.1 Å². The van der Waals surface area contributed by atoms with Crippen LogP contribution in [0.3, 0.4) is 0 Å². The molecule has 1 N–H and O–H groups in total. The van der Waals surface area contributed by atoms with E-state index in [1.165, 1.54) is 37.7 Å². The number of allylic oxidation sites excluding steroid dienone is 3. The molecule has 0 fully saturated rings. The second-order valence-corrected chi connectivity index (χ2v) is 6.60. The van der Waals surface area contributed by atoms with Crippen LogP contribution in [0.1, 0.15) is 17.5 Å². The first-order valence-corrected chi connectivity index (χ1v) is 9.38. The number of carbonyl (C=O) groups is 2. The molecule has 6 heteroatoms. The number of ketones is 2. The Labute approximate surface area is 174 Å². The maximum atomic E-state index is 12.0. The lowest BCUT2D eigenvalue weighted by Gasteiger charge is -2.10. The average molecular weight is 406 g/mol. The molecule has 30 heavy (non-hydrogen) atoms. The summed E-state index contributed by atoms with van der Waals surface area (Å²) in [7, 11) is 1.44. The fraction of sp³-hybridized carbons (Fsp3) is 0.167. The summed E-state index contributed by atoms with van der Waals surface area (Å²) < 4.78 is 16.1. The van der Waals surface area contributed by atoms with E-state index in [-0.39, 0.29) is 23.7 Å². The van der Waals surface area contributed by atoms with Crippen LogP contribution in [-0.2, 0) is 25.5 Å². The number of hydrogen-bond donors (Lipinski definition) is 1. The Bertz CT molecular complexity index is 988. The molecule has 6 nitrogen and oxygen atoms in total. The minimum absolute atomic E-state index is 0.0136. The SMILES string of the molecule is COc1cc(/C=C/C(=O)CC(=O)/C=C/C2=COC(Cc3ccccc3)O2)ccc1O. The van der Waals surface area contributed by atoms with Crippen molar-refractivity contribution in [3.63, 3.8) is 0 Å². The van der Waals surface area contributed by atoms with Gasteiger partial charge in [0.2, 0.25) is 6.29 Å². The Hall–Kier alpha value is -3.80. The monoisotopic (exact) mass is 406 g/mol. The quantitative estimate of drug-likeness (QED) is 0.502. The largest absolute Gasteiger partial charge is 0.504 e. The van der Waals surface area contributed by atoms with E-state index >= 15 is 0 Å². The van der Waals surface area contributed by atoms with Gasteiger partial charge in [-0.15, -0.1) is 0 Å². The highest BCUT2D eigenvalue weighted by atomic mass is 16.7. The van der Waals surface area contributed by atoms with Crippen molar-refractivity contribution in [3.8, 4) is 11.5 Å². The third-order valence-electron chi connectivity index (χ3n) is 4.30. The number of carbonyl (C=O) groups excluding carboxylic acids is 2. The molecule has 3 rings (SSSR count). The molecule has 0 radical (unpaired) electrons. The third-order valence-corrected chi connectivity index (χ3v) is 4.30. The number of methoxy groups -OCH3 is 1. The normalized spacial score (nSPS) is 15.6. The maximum absolute atomic E-state index is 12.0. The number of benzene rings is 2. The van der Waals surface area contributed by atoms with E-state index in [0.717, 1.165) is 5.56 Å². The molecule has 1 heterocycles. The Morgan fingerprint density at radius 2 is 1.80 bits per heavy atom. The lowest BCUT2D eigenvalue weighted by atomic mass is 10.1. The molecule has 0 saturated heterocycles. The van der Waals surface area contributed by atoms with Crippen LogP contribution in [0.2, 0.25) is 0 Å². The van der Waals surface area contributed by atoms with Crippen molar-refractivity contribution < 1.29 is 28.9 Å². The molecule has 0 amide bonds. The summed E-state index contributed by atoms with van der Waals surface area (Å²) in [6.45, 7) is 0. The summed E-state index contributed by atoms with van der Waals surface area (Å²) in [5.41, 5.74) is 1.76. The number of hydrogen-bond acceptors (Lipinski definition) is 6. The third kappa shape index (κ3) is 6.10. The summed E-state index contributed by atoms with van der Waals surface area (Å²) >= 11 is 0. The van der Waals surface area contributed by atoms with Crippen LogP contribution >= 0.6 is 0 Å². The lowest BCUT2D eigenvalue weighted by Crippen LogP contribution is -2.11. The second kappa shape index (κ2) is 10.1. The van der Waals surface area contributed by atoms with Gasteiger partial charge < -0.3 is 19.3 Å². The van der Waals surface area contributed by atoms with Gasteiger partial charge >= 0.3 is 0 Å². The van der Waals surface area contributed by atoms with E-state index < -0.39 is 6.29 Å². The van der Waals surface area contributed by atoms with Gasteiger partial charge in [-0.25, -0.2) is 0 Å². The summed E-state index contributed by atoms with van der Waals surface area (Å²) in [6, 6.07) is 14.5. The summed E-state index contributed by atoms with van der Waals surface area (Å²) in [5.74, 6) is 0.0737. The van der Waals surface area contributed by atoms with Gasteiger partial charge in [0.1, 0.15) is 6.26 Å². The zero-order valence-corrected chi connectivity index (χ0v) is 16.5. The van der Waals surface area contributed by atoms with Gasteiger partial charge in [0.05, 0.1) is 13.5 Å². The molecular weight excluding hydrogens is 384 g/mol. The average Bonchev–Trinajstić information content (AvgIpc) is 3.19. The molecule has 0 aliphatic carbocycles. The molecule has 0 spiro atoms. The number of aromatic hydroxyl groups is 1. The van der Waals surface area contributed by atoms with Crippen LogP contribution in [0.4, 0.5) is 0 Å². The molecule has 1 aliphatic heterocycles. The van der Waals surface area contributed by atoms with E-state index in [0.29, 0.717) is 23.5 Å². The van der Waals surface area contributed by atoms with E-state index in [2.05, 4.69) is 0 Å². The molecule has 154 valence electrons. The highest BCUT2D eigenvalue weighted by Gasteiger charge is 2.18. The predicted molar refractivity (Wildman–Crippen MR) is 112 cm³/mol.